The quantitative estimate of drug-likeness (QED) is 0.463. The Morgan fingerprint density at radius 3 is 1.84 bits per heavy atom. The molecular formula is C12H10F5NO. The second-order valence-electron chi connectivity index (χ2n) is 4.35. The molecule has 0 bridgehead atoms. The Balaban J connectivity index is 2.53. The van der Waals surface area contributed by atoms with Gasteiger partial charge in [0.25, 0.3) is 0 Å². The summed E-state index contributed by atoms with van der Waals surface area (Å²) < 4.78 is 66.2. The Labute approximate surface area is 105 Å². The van der Waals surface area contributed by atoms with Gasteiger partial charge in [0.15, 0.2) is 23.3 Å². The third-order valence-corrected chi connectivity index (χ3v) is 3.24. The first-order valence-corrected chi connectivity index (χ1v) is 5.67. The Bertz CT molecular complexity index is 516. The van der Waals surface area contributed by atoms with Gasteiger partial charge in [0, 0.05) is 13.0 Å². The smallest absolute Gasteiger partial charge is 0.223 e. The predicted octanol–water partition coefficient (Wildman–Crippen LogP) is 3.07. The van der Waals surface area contributed by atoms with E-state index in [1.54, 1.807) is 0 Å². The number of hydrogen-bond donors (Lipinski definition) is 0. The number of hydrogen-bond acceptors (Lipinski definition) is 1. The standard InChI is InChI=1S/C12H10F5NO/c1-5(18-4-2-3-6(18)19)7-8(13)10(15)12(17)11(16)9(7)14/h5H,2-4H2,1H3/t5-/m0/s1. The van der Waals surface area contributed by atoms with E-state index in [1.807, 2.05) is 0 Å². The van der Waals surface area contributed by atoms with Crippen LogP contribution in [0.4, 0.5) is 22.0 Å². The molecule has 0 aromatic heterocycles. The lowest BCUT2D eigenvalue weighted by atomic mass is 10.0. The lowest BCUT2D eigenvalue weighted by molar-refractivity contribution is -0.129. The molecule has 0 aliphatic carbocycles. The molecule has 0 radical (unpaired) electrons. The summed E-state index contributed by atoms with van der Waals surface area (Å²) in [5.41, 5.74) is -0.966. The van der Waals surface area contributed by atoms with E-state index in [9.17, 15) is 26.7 Å². The van der Waals surface area contributed by atoms with E-state index < -0.39 is 40.7 Å². The highest BCUT2D eigenvalue weighted by Gasteiger charge is 2.34. The first-order chi connectivity index (χ1) is 8.86. The van der Waals surface area contributed by atoms with Crippen LogP contribution in [0.2, 0.25) is 0 Å². The Kier molecular flexibility index (Phi) is 3.47. The molecule has 7 heteroatoms. The van der Waals surface area contributed by atoms with E-state index in [0.29, 0.717) is 6.42 Å². The maximum atomic E-state index is 13.6. The summed E-state index contributed by atoms with van der Waals surface area (Å²) in [6.45, 7) is 1.47. The number of carbonyl (C=O) groups excluding carboxylic acids is 1. The fourth-order valence-corrected chi connectivity index (χ4v) is 2.22. The van der Waals surface area contributed by atoms with E-state index >= 15 is 0 Å². The third kappa shape index (κ3) is 2.06. The predicted molar refractivity (Wildman–Crippen MR) is 55.6 cm³/mol. The van der Waals surface area contributed by atoms with Crippen LogP contribution in [0.1, 0.15) is 31.4 Å². The topological polar surface area (TPSA) is 20.3 Å². The highest BCUT2D eigenvalue weighted by molar-refractivity contribution is 5.78. The van der Waals surface area contributed by atoms with Gasteiger partial charge in [0.1, 0.15) is 0 Å². The first-order valence-electron chi connectivity index (χ1n) is 5.67. The highest BCUT2D eigenvalue weighted by Crippen LogP contribution is 2.32. The summed E-state index contributed by atoms with van der Waals surface area (Å²) in [4.78, 5) is 12.6. The fraction of sp³-hybridized carbons (Fsp3) is 0.417. The van der Waals surface area contributed by atoms with Crippen molar-refractivity contribution >= 4 is 5.91 Å². The second kappa shape index (κ2) is 4.79. The van der Waals surface area contributed by atoms with E-state index in [0.717, 1.165) is 4.90 Å². The number of likely N-dealkylation sites (tertiary alicyclic amines) is 1. The SMILES string of the molecule is C[C@@H](c1c(F)c(F)c(F)c(F)c1F)N1CCCC1=O. The van der Waals surface area contributed by atoms with Crippen molar-refractivity contribution in [3.8, 4) is 0 Å². The molecule has 2 rings (SSSR count). The molecule has 1 amide bonds. The average molecular weight is 279 g/mol. The summed E-state index contributed by atoms with van der Waals surface area (Å²) in [7, 11) is 0. The van der Waals surface area contributed by atoms with Crippen molar-refractivity contribution in [3.05, 3.63) is 34.6 Å². The van der Waals surface area contributed by atoms with E-state index in [2.05, 4.69) is 0 Å². The molecule has 1 fully saturated rings. The molecule has 19 heavy (non-hydrogen) atoms. The van der Waals surface area contributed by atoms with Gasteiger partial charge in [-0.05, 0) is 13.3 Å². The number of amides is 1. The van der Waals surface area contributed by atoms with Crippen LogP contribution in [0.3, 0.4) is 0 Å². The zero-order valence-corrected chi connectivity index (χ0v) is 9.94. The van der Waals surface area contributed by atoms with Crippen molar-refractivity contribution in [2.45, 2.75) is 25.8 Å². The zero-order valence-electron chi connectivity index (χ0n) is 9.94. The van der Waals surface area contributed by atoms with Crippen molar-refractivity contribution in [3.63, 3.8) is 0 Å². The van der Waals surface area contributed by atoms with Crippen LogP contribution in [0.25, 0.3) is 0 Å². The average Bonchev–Trinajstić information content (AvgIpc) is 2.80. The van der Waals surface area contributed by atoms with Crippen LogP contribution < -0.4 is 0 Å². The molecule has 1 aromatic carbocycles. The van der Waals surface area contributed by atoms with Crippen LogP contribution in [0.15, 0.2) is 0 Å². The van der Waals surface area contributed by atoms with Gasteiger partial charge in [-0.1, -0.05) is 0 Å². The Hall–Kier alpha value is -1.66. The minimum absolute atomic E-state index is 0.208. The van der Waals surface area contributed by atoms with Gasteiger partial charge in [-0.15, -0.1) is 0 Å². The molecule has 2 nitrogen and oxygen atoms in total. The lowest BCUT2D eigenvalue weighted by Crippen LogP contribution is -2.30. The van der Waals surface area contributed by atoms with E-state index in [1.165, 1.54) is 6.92 Å². The van der Waals surface area contributed by atoms with Gasteiger partial charge in [0.2, 0.25) is 11.7 Å². The summed E-state index contributed by atoms with van der Waals surface area (Å²) in [6.07, 6.45) is 0.707. The van der Waals surface area contributed by atoms with Crippen LogP contribution in [-0.2, 0) is 4.79 Å². The molecule has 1 aromatic rings. The summed E-state index contributed by atoms with van der Waals surface area (Å²) >= 11 is 0. The van der Waals surface area contributed by atoms with E-state index in [4.69, 9.17) is 0 Å². The monoisotopic (exact) mass is 279 g/mol. The molecule has 1 atom stereocenters. The highest BCUT2D eigenvalue weighted by atomic mass is 19.2. The largest absolute Gasteiger partial charge is 0.336 e. The minimum Gasteiger partial charge on any atom is -0.336 e. The first kappa shape index (κ1) is 13.8. The number of halogens is 5. The van der Waals surface area contributed by atoms with Gasteiger partial charge in [-0.2, -0.15) is 0 Å². The molecule has 1 aliphatic heterocycles. The van der Waals surface area contributed by atoms with Crippen LogP contribution >= 0.6 is 0 Å². The molecule has 0 spiro atoms. The molecule has 104 valence electrons. The molecule has 1 aliphatic rings. The molecule has 0 unspecified atom stereocenters. The van der Waals surface area contributed by atoms with Crippen molar-refractivity contribution in [1.82, 2.24) is 4.90 Å². The van der Waals surface area contributed by atoms with Crippen molar-refractivity contribution in [1.29, 1.82) is 0 Å². The van der Waals surface area contributed by atoms with Gasteiger partial charge in [-0.25, -0.2) is 22.0 Å². The normalized spacial score (nSPS) is 17.2. The third-order valence-electron chi connectivity index (χ3n) is 3.24. The molecule has 0 saturated carbocycles. The maximum Gasteiger partial charge on any atom is 0.223 e. The summed E-state index contributed by atoms with van der Waals surface area (Å²) in [6, 6.07) is -1.19. The van der Waals surface area contributed by atoms with Gasteiger partial charge in [-0.3, -0.25) is 4.79 Å². The fourth-order valence-electron chi connectivity index (χ4n) is 2.22. The molecule has 1 heterocycles. The number of benzene rings is 1. The van der Waals surface area contributed by atoms with E-state index in [-0.39, 0.29) is 18.9 Å². The Morgan fingerprint density at radius 1 is 0.947 bits per heavy atom. The number of rotatable bonds is 2. The van der Waals surface area contributed by atoms with Crippen LogP contribution in [0.5, 0.6) is 0 Å². The number of nitrogens with zero attached hydrogens (tertiary/aromatic N) is 1. The lowest BCUT2D eigenvalue weighted by Gasteiger charge is -2.25. The van der Waals surface area contributed by atoms with Crippen LogP contribution in [0, 0.1) is 29.1 Å². The molecule has 0 N–H and O–H groups in total. The summed E-state index contributed by atoms with van der Waals surface area (Å²) in [5, 5.41) is 0. The van der Waals surface area contributed by atoms with Crippen molar-refractivity contribution in [2.75, 3.05) is 6.54 Å². The second-order valence-corrected chi connectivity index (χ2v) is 4.35. The van der Waals surface area contributed by atoms with Gasteiger partial charge in [0.05, 0.1) is 11.6 Å². The van der Waals surface area contributed by atoms with Crippen molar-refractivity contribution in [2.24, 2.45) is 0 Å². The summed E-state index contributed by atoms with van der Waals surface area (Å²) in [5.74, 6) is -10.3. The van der Waals surface area contributed by atoms with Gasteiger partial charge < -0.3 is 4.90 Å². The zero-order chi connectivity index (χ0) is 14.3. The maximum absolute atomic E-state index is 13.6. The molecular weight excluding hydrogens is 269 g/mol. The van der Waals surface area contributed by atoms with Gasteiger partial charge >= 0.3 is 0 Å². The van der Waals surface area contributed by atoms with Crippen molar-refractivity contribution < 1.29 is 26.7 Å². The molecule has 1 saturated heterocycles. The number of carbonyl (C=O) groups is 1. The van der Waals surface area contributed by atoms with Crippen LogP contribution in [-0.4, -0.2) is 17.4 Å². The Morgan fingerprint density at radius 2 is 1.42 bits per heavy atom. The minimum atomic E-state index is -2.20.